The van der Waals surface area contributed by atoms with Gasteiger partial charge in [0.05, 0.1) is 17.7 Å². The van der Waals surface area contributed by atoms with Gasteiger partial charge in [-0.25, -0.2) is 0 Å². The molecule has 4 heteroatoms. The minimum atomic E-state index is -0.345. The Morgan fingerprint density at radius 2 is 2.14 bits per heavy atom. The van der Waals surface area contributed by atoms with Crippen molar-refractivity contribution in [3.8, 4) is 11.8 Å². The number of rotatable bonds is 3. The molecular weight excluding hydrogens is 286 g/mol. The number of benzene rings is 2. The van der Waals surface area contributed by atoms with E-state index < -0.39 is 0 Å². The van der Waals surface area contributed by atoms with Crippen LogP contribution in [0.5, 0.6) is 5.75 Å². The molecule has 3 rings (SSSR count). The fraction of sp³-hybridized carbons (Fsp3) is 0.235. The summed E-state index contributed by atoms with van der Waals surface area (Å²) in [6.45, 7) is 0.353. The monoisotopic (exact) mass is 299 g/mol. The van der Waals surface area contributed by atoms with Crippen molar-refractivity contribution in [2.75, 3.05) is 0 Å². The van der Waals surface area contributed by atoms with E-state index in [1.165, 1.54) is 0 Å². The van der Waals surface area contributed by atoms with Gasteiger partial charge in [-0.2, -0.15) is 5.26 Å². The molecule has 21 heavy (non-hydrogen) atoms. The zero-order valence-electron chi connectivity index (χ0n) is 11.3. The largest absolute Gasteiger partial charge is 0.489 e. The van der Waals surface area contributed by atoms with E-state index in [-0.39, 0.29) is 6.10 Å². The van der Waals surface area contributed by atoms with Gasteiger partial charge in [0.15, 0.2) is 0 Å². The fourth-order valence-corrected chi connectivity index (χ4v) is 2.79. The van der Waals surface area contributed by atoms with Crippen molar-refractivity contribution in [1.82, 2.24) is 0 Å². The van der Waals surface area contributed by atoms with Crippen LogP contribution in [0.4, 0.5) is 0 Å². The van der Waals surface area contributed by atoms with Crippen molar-refractivity contribution in [2.24, 2.45) is 0 Å². The molecule has 1 aliphatic rings. The number of aliphatic hydroxyl groups excluding tert-OH is 1. The first-order chi connectivity index (χ1) is 10.2. The second kappa shape index (κ2) is 5.77. The molecule has 0 fully saturated rings. The third kappa shape index (κ3) is 2.87. The molecule has 0 bridgehead atoms. The summed E-state index contributed by atoms with van der Waals surface area (Å²) < 4.78 is 5.76. The summed E-state index contributed by atoms with van der Waals surface area (Å²) in [5.74, 6) is 0.767. The summed E-state index contributed by atoms with van der Waals surface area (Å²) in [6.07, 6.45) is 1.31. The number of hydrogen-bond donors (Lipinski definition) is 1. The van der Waals surface area contributed by atoms with Crippen molar-refractivity contribution >= 4 is 11.6 Å². The van der Waals surface area contributed by atoms with E-state index >= 15 is 0 Å². The Labute approximate surface area is 128 Å². The van der Waals surface area contributed by atoms with Gasteiger partial charge in [-0.3, -0.25) is 0 Å². The molecule has 0 heterocycles. The molecular formula is C17H14ClNO2. The molecule has 1 N–H and O–H groups in total. The summed E-state index contributed by atoms with van der Waals surface area (Å²) in [4.78, 5) is 0. The zero-order valence-corrected chi connectivity index (χ0v) is 12.1. The minimum absolute atomic E-state index is 0.345. The second-order valence-electron chi connectivity index (χ2n) is 5.12. The summed E-state index contributed by atoms with van der Waals surface area (Å²) >= 11 is 6.12. The van der Waals surface area contributed by atoms with Gasteiger partial charge in [0, 0.05) is 10.6 Å². The van der Waals surface area contributed by atoms with Crippen LogP contribution >= 0.6 is 11.6 Å². The number of fused-ring (bicyclic) bond motifs is 1. The summed E-state index contributed by atoms with van der Waals surface area (Å²) in [6, 6.07) is 13.0. The van der Waals surface area contributed by atoms with Gasteiger partial charge >= 0.3 is 0 Å². The average Bonchev–Trinajstić information content (AvgIpc) is 2.87. The van der Waals surface area contributed by atoms with E-state index in [0.29, 0.717) is 17.2 Å². The lowest BCUT2D eigenvalue weighted by Gasteiger charge is -2.10. The van der Waals surface area contributed by atoms with Gasteiger partial charge in [0.25, 0.3) is 0 Å². The minimum Gasteiger partial charge on any atom is -0.489 e. The van der Waals surface area contributed by atoms with Gasteiger partial charge in [-0.05, 0) is 48.2 Å². The number of aryl methyl sites for hydroxylation is 1. The summed E-state index contributed by atoms with van der Waals surface area (Å²) in [7, 11) is 0. The molecule has 3 nitrogen and oxygen atoms in total. The Morgan fingerprint density at radius 3 is 2.90 bits per heavy atom. The fourth-order valence-electron chi connectivity index (χ4n) is 2.56. The molecule has 2 aromatic carbocycles. The first-order valence-corrected chi connectivity index (χ1v) is 7.17. The average molecular weight is 300 g/mol. The van der Waals surface area contributed by atoms with Gasteiger partial charge < -0.3 is 9.84 Å². The summed E-state index contributed by atoms with van der Waals surface area (Å²) in [5, 5.41) is 19.1. The highest BCUT2D eigenvalue weighted by molar-refractivity contribution is 6.31. The maximum Gasteiger partial charge on any atom is 0.120 e. The third-order valence-corrected chi connectivity index (χ3v) is 4.09. The predicted molar refractivity (Wildman–Crippen MR) is 80.2 cm³/mol. The summed E-state index contributed by atoms with van der Waals surface area (Å²) in [5.41, 5.74) is 3.52. The Kier molecular flexibility index (Phi) is 3.83. The molecule has 2 aromatic rings. The third-order valence-electron chi connectivity index (χ3n) is 3.74. The Bertz CT molecular complexity index is 721. The molecule has 0 spiro atoms. The van der Waals surface area contributed by atoms with Crippen LogP contribution in [-0.4, -0.2) is 5.11 Å². The van der Waals surface area contributed by atoms with E-state index in [4.69, 9.17) is 21.6 Å². The maximum absolute atomic E-state index is 9.78. The molecule has 0 saturated carbocycles. The normalized spacial score (nSPS) is 16.3. The van der Waals surface area contributed by atoms with Crippen LogP contribution < -0.4 is 4.74 Å². The van der Waals surface area contributed by atoms with Crippen molar-refractivity contribution < 1.29 is 9.84 Å². The van der Waals surface area contributed by atoms with E-state index in [1.54, 1.807) is 18.2 Å². The topological polar surface area (TPSA) is 53.2 Å². The number of aliphatic hydroxyl groups is 1. The van der Waals surface area contributed by atoms with Crippen LogP contribution in [0, 0.1) is 11.3 Å². The van der Waals surface area contributed by atoms with Crippen molar-refractivity contribution in [1.29, 1.82) is 5.26 Å². The molecule has 0 saturated heterocycles. The lowest BCUT2D eigenvalue weighted by molar-refractivity contribution is 0.180. The second-order valence-corrected chi connectivity index (χ2v) is 5.53. The predicted octanol–water partition coefficient (Wildman–Crippen LogP) is 3.77. The molecule has 0 aliphatic heterocycles. The lowest BCUT2D eigenvalue weighted by atomic mass is 10.1. The molecule has 0 amide bonds. The van der Waals surface area contributed by atoms with Gasteiger partial charge in [-0.15, -0.1) is 0 Å². The van der Waals surface area contributed by atoms with E-state index in [1.807, 2.05) is 18.2 Å². The van der Waals surface area contributed by atoms with Crippen molar-refractivity contribution in [3.05, 3.63) is 63.7 Å². The molecule has 1 aliphatic carbocycles. The van der Waals surface area contributed by atoms with E-state index in [2.05, 4.69) is 6.07 Å². The van der Waals surface area contributed by atoms with Crippen LogP contribution in [0.3, 0.4) is 0 Å². The highest BCUT2D eigenvalue weighted by Crippen LogP contribution is 2.33. The molecule has 0 unspecified atom stereocenters. The number of nitrogens with zero attached hydrogens (tertiary/aromatic N) is 1. The van der Waals surface area contributed by atoms with Crippen LogP contribution in [0.25, 0.3) is 0 Å². The highest BCUT2D eigenvalue weighted by Gasteiger charge is 2.20. The highest BCUT2D eigenvalue weighted by atomic mass is 35.5. The van der Waals surface area contributed by atoms with Crippen LogP contribution in [0.2, 0.25) is 5.02 Å². The quantitative estimate of drug-likeness (QED) is 0.938. The number of nitriles is 1. The molecule has 1 atom stereocenters. The Balaban J connectivity index is 1.72. The lowest BCUT2D eigenvalue weighted by Crippen LogP contribution is -1.98. The molecule has 0 aromatic heterocycles. The van der Waals surface area contributed by atoms with Gasteiger partial charge in [-0.1, -0.05) is 23.7 Å². The Hall–Kier alpha value is -2.02. The van der Waals surface area contributed by atoms with E-state index in [9.17, 15) is 5.11 Å². The first kappa shape index (κ1) is 13.9. The first-order valence-electron chi connectivity index (χ1n) is 6.79. The molecule has 0 radical (unpaired) electrons. The number of halogens is 1. The number of hydrogen-bond acceptors (Lipinski definition) is 3. The maximum atomic E-state index is 9.78. The smallest absolute Gasteiger partial charge is 0.120 e. The standard InChI is InChI=1S/C17H14ClNO2/c18-16-7-11(9-19)1-2-13(16)10-21-14-4-5-15-12(8-14)3-6-17(15)20/h1-2,4-5,7-8,17,20H,3,6,10H2/t17-/m1/s1. The van der Waals surface area contributed by atoms with Crippen molar-refractivity contribution in [3.63, 3.8) is 0 Å². The van der Waals surface area contributed by atoms with Gasteiger partial charge in [0.2, 0.25) is 0 Å². The van der Waals surface area contributed by atoms with Crippen LogP contribution in [-0.2, 0) is 13.0 Å². The van der Waals surface area contributed by atoms with Crippen LogP contribution in [0.15, 0.2) is 36.4 Å². The Morgan fingerprint density at radius 1 is 1.29 bits per heavy atom. The number of ether oxygens (including phenoxy) is 1. The molecule has 106 valence electrons. The SMILES string of the molecule is N#Cc1ccc(COc2ccc3c(c2)CC[C@H]3O)c(Cl)c1. The zero-order chi connectivity index (χ0) is 14.8. The van der Waals surface area contributed by atoms with E-state index in [0.717, 1.165) is 35.3 Å². The van der Waals surface area contributed by atoms with Gasteiger partial charge in [0.1, 0.15) is 12.4 Å². The van der Waals surface area contributed by atoms with Crippen LogP contribution in [0.1, 0.15) is 34.8 Å². The van der Waals surface area contributed by atoms with Crippen molar-refractivity contribution in [2.45, 2.75) is 25.6 Å².